The molecule has 36 heavy (non-hydrogen) atoms. The highest BCUT2D eigenvalue weighted by atomic mass is 32.1. The molecular formula is C30H34N2O3S. The van der Waals surface area contributed by atoms with Crippen molar-refractivity contribution in [1.29, 1.82) is 0 Å². The van der Waals surface area contributed by atoms with Gasteiger partial charge in [0.1, 0.15) is 18.9 Å². The fourth-order valence-corrected chi connectivity index (χ4v) is 5.43. The number of carbonyl (C=O) groups is 2. The largest absolute Gasteiger partial charge is 0.491 e. The second-order valence-corrected chi connectivity index (χ2v) is 10.5. The van der Waals surface area contributed by atoms with Gasteiger partial charge >= 0.3 is 0 Å². The lowest BCUT2D eigenvalue weighted by atomic mass is 10.00. The zero-order chi connectivity index (χ0) is 25.7. The molecule has 0 aliphatic carbocycles. The Bertz CT molecular complexity index is 1200. The van der Waals surface area contributed by atoms with Crippen molar-refractivity contribution in [2.75, 3.05) is 26.2 Å². The maximum Gasteiger partial charge on any atom is 0.254 e. The number of aryl methyl sites for hydroxylation is 1. The number of fused-ring (bicyclic) bond motifs is 1. The van der Waals surface area contributed by atoms with Crippen LogP contribution in [0, 0.1) is 6.92 Å². The Morgan fingerprint density at radius 1 is 1.14 bits per heavy atom. The molecule has 2 heterocycles. The van der Waals surface area contributed by atoms with Crippen molar-refractivity contribution >= 4 is 23.2 Å². The Labute approximate surface area is 218 Å². The number of nitrogens with zero attached hydrogens (tertiary/aromatic N) is 2. The van der Waals surface area contributed by atoms with Gasteiger partial charge in [-0.25, -0.2) is 0 Å². The first-order valence-electron chi connectivity index (χ1n) is 12.4. The van der Waals surface area contributed by atoms with Crippen LogP contribution in [0.4, 0.5) is 0 Å². The third-order valence-corrected chi connectivity index (χ3v) is 7.63. The van der Waals surface area contributed by atoms with Crippen molar-refractivity contribution in [3.63, 3.8) is 0 Å². The molecule has 2 amide bonds. The third-order valence-electron chi connectivity index (χ3n) is 6.63. The fraction of sp³-hybridized carbons (Fsp3) is 0.333. The first-order chi connectivity index (χ1) is 17.4. The van der Waals surface area contributed by atoms with Crippen LogP contribution in [-0.4, -0.2) is 47.9 Å². The molecule has 2 aromatic carbocycles. The number of hydrogen-bond donors (Lipinski definition) is 0. The van der Waals surface area contributed by atoms with E-state index in [0.717, 1.165) is 23.3 Å². The molecule has 188 valence electrons. The standard InChI is InChI=1S/C30H34N2O3S/c1-5-16-31(30(34)24-8-6-22(4)7-9-24)19-29(33)32-17-14-28-26(15-18-36-28)27(32)20-35-25-12-10-23(11-13-25)21(2)3/h5-13,15,18,21,27H,1,14,16-17,19-20H2,2-4H3/t27-/m1/s1. The number of hydrogen-bond acceptors (Lipinski definition) is 4. The Hall–Kier alpha value is -3.38. The van der Waals surface area contributed by atoms with Gasteiger partial charge in [-0.1, -0.05) is 49.8 Å². The fourth-order valence-electron chi connectivity index (χ4n) is 4.51. The molecule has 0 N–H and O–H groups in total. The summed E-state index contributed by atoms with van der Waals surface area (Å²) in [6.07, 6.45) is 2.47. The lowest BCUT2D eigenvalue weighted by Crippen LogP contribution is -2.47. The van der Waals surface area contributed by atoms with E-state index in [1.54, 1.807) is 34.4 Å². The van der Waals surface area contributed by atoms with Gasteiger partial charge in [0, 0.05) is 23.5 Å². The first kappa shape index (κ1) is 25.7. The first-order valence-corrected chi connectivity index (χ1v) is 13.3. The molecule has 1 aliphatic heterocycles. The summed E-state index contributed by atoms with van der Waals surface area (Å²) in [5, 5.41) is 2.08. The second-order valence-electron chi connectivity index (χ2n) is 9.53. The molecule has 0 saturated carbocycles. The van der Waals surface area contributed by atoms with E-state index in [0.29, 0.717) is 31.2 Å². The van der Waals surface area contributed by atoms with Crippen LogP contribution >= 0.6 is 11.3 Å². The molecule has 1 aliphatic rings. The van der Waals surface area contributed by atoms with E-state index in [-0.39, 0.29) is 24.4 Å². The van der Waals surface area contributed by atoms with Gasteiger partial charge in [0.2, 0.25) is 5.91 Å². The number of ether oxygens (including phenoxy) is 1. The summed E-state index contributed by atoms with van der Waals surface area (Å²) in [5.74, 6) is 0.990. The quantitative estimate of drug-likeness (QED) is 0.337. The summed E-state index contributed by atoms with van der Waals surface area (Å²) in [6, 6.07) is 17.5. The van der Waals surface area contributed by atoms with Crippen molar-refractivity contribution in [3.05, 3.63) is 99.8 Å². The van der Waals surface area contributed by atoms with Gasteiger partial charge in [-0.2, -0.15) is 0 Å². The molecule has 1 aromatic heterocycles. The lowest BCUT2D eigenvalue weighted by Gasteiger charge is -2.37. The molecule has 0 radical (unpaired) electrons. The SMILES string of the molecule is C=CCN(CC(=O)N1CCc2sccc2[C@H]1COc1ccc(C(C)C)cc1)C(=O)c1ccc(C)cc1. The number of thiophene rings is 1. The minimum absolute atomic E-state index is 0.00220. The van der Waals surface area contributed by atoms with Gasteiger partial charge in [0.05, 0.1) is 6.04 Å². The summed E-state index contributed by atoms with van der Waals surface area (Å²) >= 11 is 1.72. The van der Waals surface area contributed by atoms with Crippen LogP contribution in [0.5, 0.6) is 5.75 Å². The maximum absolute atomic E-state index is 13.6. The predicted molar refractivity (Wildman–Crippen MR) is 146 cm³/mol. The van der Waals surface area contributed by atoms with Crippen molar-refractivity contribution in [3.8, 4) is 5.75 Å². The number of rotatable bonds is 9. The van der Waals surface area contributed by atoms with E-state index in [4.69, 9.17) is 4.74 Å². The van der Waals surface area contributed by atoms with Crippen LogP contribution in [0.2, 0.25) is 0 Å². The Morgan fingerprint density at radius 2 is 1.86 bits per heavy atom. The van der Waals surface area contributed by atoms with Gasteiger partial charge < -0.3 is 14.5 Å². The highest BCUT2D eigenvalue weighted by Gasteiger charge is 2.33. The van der Waals surface area contributed by atoms with Crippen LogP contribution in [0.25, 0.3) is 0 Å². The summed E-state index contributed by atoms with van der Waals surface area (Å²) in [7, 11) is 0. The zero-order valence-corrected chi connectivity index (χ0v) is 22.1. The van der Waals surface area contributed by atoms with Gasteiger partial charge in [-0.05, 0) is 66.1 Å². The van der Waals surface area contributed by atoms with Crippen molar-refractivity contribution in [2.45, 2.75) is 39.2 Å². The molecule has 0 bridgehead atoms. The number of carbonyl (C=O) groups excluding carboxylic acids is 2. The van der Waals surface area contributed by atoms with E-state index in [2.05, 4.69) is 44.0 Å². The smallest absolute Gasteiger partial charge is 0.254 e. The highest BCUT2D eigenvalue weighted by Crippen LogP contribution is 2.34. The second kappa shape index (κ2) is 11.6. The van der Waals surface area contributed by atoms with Crippen LogP contribution in [0.1, 0.15) is 57.7 Å². The van der Waals surface area contributed by atoms with E-state index in [1.807, 2.05) is 36.1 Å². The average molecular weight is 503 g/mol. The molecular weight excluding hydrogens is 468 g/mol. The van der Waals surface area contributed by atoms with Crippen molar-refractivity contribution < 1.29 is 14.3 Å². The molecule has 3 aromatic rings. The Kier molecular flexibility index (Phi) is 8.26. The Balaban J connectivity index is 1.50. The molecule has 4 rings (SSSR count). The summed E-state index contributed by atoms with van der Waals surface area (Å²) in [4.78, 5) is 31.5. The predicted octanol–water partition coefficient (Wildman–Crippen LogP) is 6.01. The maximum atomic E-state index is 13.6. The van der Waals surface area contributed by atoms with Crippen molar-refractivity contribution in [1.82, 2.24) is 9.80 Å². The van der Waals surface area contributed by atoms with Crippen LogP contribution < -0.4 is 4.74 Å². The van der Waals surface area contributed by atoms with E-state index < -0.39 is 0 Å². The summed E-state index contributed by atoms with van der Waals surface area (Å²) < 4.78 is 6.18. The van der Waals surface area contributed by atoms with E-state index in [9.17, 15) is 9.59 Å². The van der Waals surface area contributed by atoms with Gasteiger partial charge in [-0.15, -0.1) is 17.9 Å². The zero-order valence-electron chi connectivity index (χ0n) is 21.3. The molecule has 0 unspecified atom stereocenters. The molecule has 0 spiro atoms. The molecule has 6 heteroatoms. The van der Waals surface area contributed by atoms with E-state index in [1.165, 1.54) is 10.4 Å². The number of amides is 2. The van der Waals surface area contributed by atoms with Crippen LogP contribution in [0.15, 0.2) is 72.6 Å². The summed E-state index contributed by atoms with van der Waals surface area (Å²) in [6.45, 7) is 11.4. The van der Waals surface area contributed by atoms with E-state index >= 15 is 0 Å². The lowest BCUT2D eigenvalue weighted by molar-refractivity contribution is -0.135. The van der Waals surface area contributed by atoms with Gasteiger partial charge in [0.15, 0.2) is 0 Å². The highest BCUT2D eigenvalue weighted by molar-refractivity contribution is 7.10. The van der Waals surface area contributed by atoms with Crippen LogP contribution in [-0.2, 0) is 11.2 Å². The number of benzene rings is 2. The topological polar surface area (TPSA) is 49.9 Å². The summed E-state index contributed by atoms with van der Waals surface area (Å²) in [5.41, 5.74) is 4.05. The Morgan fingerprint density at radius 3 is 2.53 bits per heavy atom. The average Bonchev–Trinajstić information content (AvgIpc) is 3.36. The molecule has 5 nitrogen and oxygen atoms in total. The third kappa shape index (κ3) is 5.88. The molecule has 0 saturated heterocycles. The van der Waals surface area contributed by atoms with Crippen LogP contribution in [0.3, 0.4) is 0 Å². The van der Waals surface area contributed by atoms with Crippen molar-refractivity contribution in [2.24, 2.45) is 0 Å². The van der Waals surface area contributed by atoms with Gasteiger partial charge in [-0.3, -0.25) is 9.59 Å². The van der Waals surface area contributed by atoms with Gasteiger partial charge in [0.25, 0.3) is 5.91 Å². The normalized spacial score (nSPS) is 14.9. The minimum atomic E-state index is -0.197. The molecule has 0 fully saturated rings. The minimum Gasteiger partial charge on any atom is -0.491 e. The monoisotopic (exact) mass is 502 g/mol. The molecule has 1 atom stereocenters.